The van der Waals surface area contributed by atoms with Gasteiger partial charge in [0.25, 0.3) is 11.7 Å². The number of aromatic nitrogens is 3. The highest BCUT2D eigenvalue weighted by Gasteiger charge is 2.45. The predicted octanol–water partition coefficient (Wildman–Crippen LogP) is 13.0. The largest absolute Gasteiger partial charge is 0.459 e. The van der Waals surface area contributed by atoms with Crippen molar-refractivity contribution in [2.24, 2.45) is 35.8 Å². The zero-order valence-electron chi connectivity index (χ0n) is 45.1. The van der Waals surface area contributed by atoms with Gasteiger partial charge in [0.1, 0.15) is 45.6 Å². The molecule has 444 valence electrons. The van der Waals surface area contributed by atoms with Gasteiger partial charge in [-0.1, -0.05) is 58.4 Å². The van der Waals surface area contributed by atoms with Crippen LogP contribution in [0.2, 0.25) is 0 Å². The lowest BCUT2D eigenvalue weighted by atomic mass is 10.2. The number of nitrogens with one attached hydrogen (secondary N) is 2. The maximum Gasteiger partial charge on any atom is 0.327 e. The van der Waals surface area contributed by atoms with Crippen molar-refractivity contribution in [1.82, 2.24) is 23.9 Å². The van der Waals surface area contributed by atoms with Crippen LogP contribution in [0.5, 0.6) is 0 Å². The summed E-state index contributed by atoms with van der Waals surface area (Å²) in [4.78, 5) is 91.3. The highest BCUT2D eigenvalue weighted by molar-refractivity contribution is 9.12. The average Bonchev–Trinajstić information content (AvgIpc) is 4.27. The summed E-state index contributed by atoms with van der Waals surface area (Å²) in [5.41, 5.74) is 17.8. The number of hydrogen-bond donors (Lipinski definition) is 3. The van der Waals surface area contributed by atoms with Gasteiger partial charge in [-0.15, -0.1) is 46.2 Å². The quantitative estimate of drug-likeness (QED) is 0.0517. The molecule has 7 aliphatic rings. The number of halogens is 5. The van der Waals surface area contributed by atoms with Crippen LogP contribution in [0.3, 0.4) is 0 Å². The Labute approximate surface area is 529 Å². The molecule has 0 spiro atoms. The minimum Gasteiger partial charge on any atom is -0.459 e. The number of alkyl halides is 1. The third kappa shape index (κ3) is 25.1. The van der Waals surface area contributed by atoms with Gasteiger partial charge in [-0.2, -0.15) is 10.1 Å². The molecule has 32 heteroatoms. The number of thiazole rings is 3. The number of carbonyl (C=O) groups excluding carboxylic acids is 5. The average molecular weight is 1490 g/mol. The fourth-order valence-electron chi connectivity index (χ4n) is 6.67. The van der Waals surface area contributed by atoms with Crippen molar-refractivity contribution in [2.75, 3.05) is 26.8 Å². The molecule has 7 aliphatic heterocycles. The molecular formula is C48H70Br4FN15O6S6. The minimum absolute atomic E-state index is 0. The molecule has 6 unspecified atom stereocenters. The first-order valence-corrected chi connectivity index (χ1v) is 31.3. The number of carbonyl (C=O) groups is 5. The number of nitrogens with two attached hydrogens (primary N) is 1. The number of amidine groups is 1. The first-order chi connectivity index (χ1) is 37.3. The summed E-state index contributed by atoms with van der Waals surface area (Å²) >= 11 is 22.4. The van der Waals surface area contributed by atoms with Crippen LogP contribution in [0.4, 0.5) is 4.39 Å². The molecule has 6 atom stereocenters. The van der Waals surface area contributed by atoms with E-state index in [1.54, 1.807) is 55.2 Å². The molecule has 80 heavy (non-hydrogen) atoms. The van der Waals surface area contributed by atoms with Gasteiger partial charge in [-0.05, 0) is 116 Å². The molecule has 1 saturated heterocycles. The summed E-state index contributed by atoms with van der Waals surface area (Å²) in [5.74, 6) is -0.689. The van der Waals surface area contributed by atoms with E-state index < -0.39 is 24.6 Å². The number of esters is 1. The zero-order chi connectivity index (χ0) is 59.7. The molecule has 0 radical (unpaired) electrons. The Morgan fingerprint density at radius 3 is 1.91 bits per heavy atom. The number of primary amides is 1. The molecule has 0 aromatic carbocycles. The molecular weight excluding hydrogens is 1410 g/mol. The van der Waals surface area contributed by atoms with E-state index in [0.717, 1.165) is 52.7 Å². The fraction of sp³-hybridized carbons (Fsp3) is 0.562. The van der Waals surface area contributed by atoms with Crippen LogP contribution < -0.4 is 5.73 Å². The number of thioether (sulfide) groups is 3. The highest BCUT2D eigenvalue weighted by Crippen LogP contribution is 2.36. The van der Waals surface area contributed by atoms with Gasteiger partial charge < -0.3 is 15.3 Å². The van der Waals surface area contributed by atoms with Gasteiger partial charge in [0, 0.05) is 25.9 Å². The minimum atomic E-state index is -1.00. The van der Waals surface area contributed by atoms with E-state index in [1.807, 2.05) is 45.7 Å². The number of ether oxygens (including phenoxy) is 1. The number of aliphatic imine (C=N–C) groups is 5. The summed E-state index contributed by atoms with van der Waals surface area (Å²) in [5, 5.41) is 14.1. The Kier molecular flexibility index (Phi) is 35.7. The number of imide groups is 1. The number of amides is 3. The fourth-order valence-corrected chi connectivity index (χ4v) is 15.2. The Morgan fingerprint density at radius 2 is 1.50 bits per heavy atom. The molecule has 21 nitrogen and oxygen atoms in total. The third-order valence-electron chi connectivity index (χ3n) is 9.85. The standard InChI is InChI=1S/C12H18N4O3S.C7H7N3S.C6H8BrNS.C6H8N2S.C6H9NS.C4HBr2NOS.C4H4BrNO2.CH3F.2CH4.H2N2.H2/c1-6-14-9-8(10(13)18)15-16(11(9)20-6)5-7(17)19-12(2,3)4;1-4-10-6-5(11-4)3-9-7(6)8-2;1-3-5-6(7)9-4(2)8-5;1-4-8-5-2-7-3-6(5)9-4;1-3-6-4-8-5(2)7-6;5-3-2(1-8)7-4(6)9-3;5-6-3(7)1-2-4(6)8;1-2;;;1-2;/h9,11H,5H2,1-4H3,(H2,13,18);5-6H,3H2,1H3;3H2,1-2H3;2,5-6H,3H2,1H3;4H,3H2,1-2H3;1H;1-2H2;1H3;2*1H4;1-2H;1H/i;;;;;;;1D;;;;. The van der Waals surface area contributed by atoms with Crippen molar-refractivity contribution in [1.29, 1.82) is 11.1 Å². The number of nitrogens with zero attached hydrogens (tertiary/aromatic N) is 12. The van der Waals surface area contributed by atoms with Crippen LogP contribution in [-0.2, 0) is 36.8 Å². The third-order valence-corrected chi connectivity index (χ3v) is 18.9. The normalized spacial score (nSPS) is 20.9. The Morgan fingerprint density at radius 1 is 0.912 bits per heavy atom. The predicted molar refractivity (Wildman–Crippen MR) is 347 cm³/mol. The van der Waals surface area contributed by atoms with E-state index >= 15 is 0 Å². The Hall–Kier alpha value is -3.55. The monoisotopic (exact) mass is 1480 g/mol. The maximum absolute atomic E-state index is 11.9. The molecule has 10 heterocycles. The van der Waals surface area contributed by atoms with Crippen LogP contribution in [0, 0.1) is 31.5 Å². The van der Waals surface area contributed by atoms with E-state index in [2.05, 4.69) is 140 Å². The molecule has 10 rings (SSSR count). The Bertz CT molecular complexity index is 2800. The van der Waals surface area contributed by atoms with E-state index in [-0.39, 0.29) is 57.8 Å². The van der Waals surface area contributed by atoms with Gasteiger partial charge >= 0.3 is 5.97 Å². The number of fused-ring (bicyclic) bond motifs is 3. The van der Waals surface area contributed by atoms with Crippen molar-refractivity contribution in [3.05, 3.63) is 55.4 Å². The number of hydrazone groups is 1. The van der Waals surface area contributed by atoms with Crippen molar-refractivity contribution in [2.45, 2.75) is 149 Å². The molecule has 4 N–H and O–H groups in total. The van der Waals surface area contributed by atoms with E-state index in [4.69, 9.17) is 29.5 Å². The smallest absolute Gasteiger partial charge is 0.327 e. The van der Waals surface area contributed by atoms with Gasteiger partial charge in [0.05, 0.1) is 88.1 Å². The van der Waals surface area contributed by atoms with Crippen molar-refractivity contribution in [3.8, 4) is 0 Å². The molecule has 0 bridgehead atoms. The van der Waals surface area contributed by atoms with Crippen molar-refractivity contribution in [3.63, 3.8) is 0 Å². The molecule has 3 amide bonds. The topological polar surface area (TPSA) is 292 Å². The SMILES string of the molecule is C.C.CC1=NC2C(C(N)=O)=NN(CC(=O)OC(C)(C)C)C2S1.CC1=NC2C=NCC2S1.CCc1csc(C)n1.CCc1nc(C)sc1Br.N=N.O=C1CCC(=O)N1Br.O=Cc1nc(Br)sc1Br.[2H]CF.[C-]#[N+]C1=NCC2SC(C)=NC12.[HH]. The molecule has 3 aromatic heterocycles. The number of hydrogen-bond acceptors (Lipinski definition) is 24. The summed E-state index contributed by atoms with van der Waals surface area (Å²) in [6.07, 6.45) is 5.46. The summed E-state index contributed by atoms with van der Waals surface area (Å²) in [6.45, 7) is 28.1. The molecule has 0 saturated carbocycles. The van der Waals surface area contributed by atoms with Gasteiger partial charge in [-0.3, -0.25) is 53.3 Å². The zero-order valence-corrected chi connectivity index (χ0v) is 55.3. The van der Waals surface area contributed by atoms with Crippen molar-refractivity contribution < 1.29 is 35.9 Å². The Balaban J connectivity index is 0. The molecule has 0 aliphatic carbocycles. The summed E-state index contributed by atoms with van der Waals surface area (Å²) in [7, 11) is -1.00. The van der Waals surface area contributed by atoms with Crippen LogP contribution in [0.15, 0.2) is 46.9 Å². The first kappa shape index (κ1) is 74.5. The number of rotatable bonds is 6. The van der Waals surface area contributed by atoms with Gasteiger partial charge in [0.15, 0.2) is 15.9 Å². The van der Waals surface area contributed by atoms with E-state index in [0.29, 0.717) is 47.2 Å². The molecule has 1 fully saturated rings. The van der Waals surface area contributed by atoms with Gasteiger partial charge in [0.2, 0.25) is 11.8 Å². The second-order valence-electron chi connectivity index (χ2n) is 16.8. The van der Waals surface area contributed by atoms with E-state index in [1.165, 1.54) is 53.3 Å². The number of aldehydes is 1. The van der Waals surface area contributed by atoms with Crippen molar-refractivity contribution >= 4 is 196 Å². The number of aryl methyl sites for hydroxylation is 4. The first-order valence-electron chi connectivity index (χ1n) is 23.8. The van der Waals surface area contributed by atoms with Gasteiger partial charge in [-0.25, -0.2) is 29.9 Å². The van der Waals surface area contributed by atoms with Crippen LogP contribution >= 0.6 is 133 Å². The second kappa shape index (κ2) is 38.3. The lowest BCUT2D eigenvalue weighted by molar-refractivity contribution is -0.156. The highest BCUT2D eigenvalue weighted by atomic mass is 79.9. The van der Waals surface area contributed by atoms with Crippen LogP contribution in [0.1, 0.15) is 118 Å². The van der Waals surface area contributed by atoms with Crippen LogP contribution in [0.25, 0.3) is 4.85 Å². The lowest BCUT2D eigenvalue weighted by Crippen LogP contribution is -2.38. The summed E-state index contributed by atoms with van der Waals surface area (Å²) in [6, 6.07) is 0.104. The maximum atomic E-state index is 11.9. The van der Waals surface area contributed by atoms with E-state index in [9.17, 15) is 28.4 Å². The van der Waals surface area contributed by atoms with Crippen LogP contribution in [-0.4, -0.2) is 153 Å². The lowest BCUT2D eigenvalue weighted by Gasteiger charge is -2.24. The molecule has 3 aromatic rings. The second-order valence-corrected chi connectivity index (χ2v) is 28.9. The summed E-state index contributed by atoms with van der Waals surface area (Å²) < 4.78 is 24.4.